The molecule has 5 rings (SSSR count). The first kappa shape index (κ1) is 25.0. The molecule has 2 aromatic carbocycles. The molecule has 36 heavy (non-hydrogen) atoms. The second-order valence-corrected chi connectivity index (χ2v) is 10.1. The zero-order chi connectivity index (χ0) is 25.3. The Morgan fingerprint density at radius 3 is 2.31 bits per heavy atom. The van der Waals surface area contributed by atoms with E-state index in [1.165, 1.54) is 13.2 Å². The van der Waals surface area contributed by atoms with E-state index in [1.807, 2.05) is 35.2 Å². The van der Waals surface area contributed by atoms with Crippen LogP contribution in [-0.4, -0.2) is 57.2 Å². The molecule has 2 aliphatic heterocycles. The van der Waals surface area contributed by atoms with Crippen molar-refractivity contribution in [3.8, 4) is 11.5 Å². The minimum atomic E-state index is -0.618. The number of carbonyl (C=O) groups excluding carboxylic acids is 1. The number of fused-ring (bicyclic) bond motifs is 2. The van der Waals surface area contributed by atoms with Gasteiger partial charge >= 0.3 is 0 Å². The minimum absolute atomic E-state index is 0.0539. The molecule has 2 heterocycles. The molecule has 0 aromatic heterocycles. The summed E-state index contributed by atoms with van der Waals surface area (Å²) in [6, 6.07) is 10.9. The fraction of sp³-hybridized carbons (Fsp3) is 0.536. The van der Waals surface area contributed by atoms with E-state index < -0.39 is 17.1 Å². The Morgan fingerprint density at radius 1 is 1.00 bits per heavy atom. The van der Waals surface area contributed by atoms with E-state index in [0.29, 0.717) is 70.0 Å². The van der Waals surface area contributed by atoms with Crippen LogP contribution in [-0.2, 0) is 26.4 Å². The van der Waals surface area contributed by atoms with Gasteiger partial charge in [0.25, 0.3) is 5.91 Å². The van der Waals surface area contributed by atoms with Gasteiger partial charge in [-0.1, -0.05) is 19.1 Å². The third kappa shape index (κ3) is 4.46. The first-order chi connectivity index (χ1) is 17.4. The van der Waals surface area contributed by atoms with Crippen LogP contribution in [0.5, 0.6) is 11.5 Å². The van der Waals surface area contributed by atoms with Crippen LogP contribution in [0.2, 0.25) is 0 Å². The van der Waals surface area contributed by atoms with Crippen molar-refractivity contribution in [2.24, 2.45) is 5.92 Å². The van der Waals surface area contributed by atoms with Crippen molar-refractivity contribution >= 4 is 5.91 Å². The highest BCUT2D eigenvalue weighted by Gasteiger charge is 2.56. The standard InChI is InChI=1S/C28H34FNO6/c1-19(17-34-18-20-4-6-21(32-2)7-5-20)16-30-26(31)25-23(14-22(33-3)15-24(25)29)27(30)8-10-28(11-9-27)35-12-13-36-28/h4-7,14-15,19H,8-13,16-18H2,1-3H3/t19-/m1/s1. The smallest absolute Gasteiger partial charge is 0.257 e. The zero-order valence-electron chi connectivity index (χ0n) is 21.2. The highest BCUT2D eigenvalue weighted by atomic mass is 19.1. The summed E-state index contributed by atoms with van der Waals surface area (Å²) >= 11 is 0. The number of nitrogens with zero attached hydrogens (tertiary/aromatic N) is 1. The number of hydrogen-bond acceptors (Lipinski definition) is 6. The molecule has 194 valence electrons. The van der Waals surface area contributed by atoms with E-state index in [9.17, 15) is 4.79 Å². The normalized spacial score (nSPS) is 20.7. The molecule has 0 bridgehead atoms. The fourth-order valence-electron chi connectivity index (χ4n) is 5.85. The summed E-state index contributed by atoms with van der Waals surface area (Å²) in [5.41, 5.74) is 1.30. The maximum absolute atomic E-state index is 15.2. The summed E-state index contributed by atoms with van der Waals surface area (Å²) in [4.78, 5) is 15.5. The molecule has 3 aliphatic rings. The van der Waals surface area contributed by atoms with Crippen molar-refractivity contribution in [3.05, 3.63) is 58.9 Å². The average molecular weight is 500 g/mol. The average Bonchev–Trinajstić information content (AvgIpc) is 3.43. The Kier molecular flexibility index (Phi) is 6.94. The topological polar surface area (TPSA) is 66.5 Å². The van der Waals surface area contributed by atoms with Gasteiger partial charge in [-0.15, -0.1) is 0 Å². The second-order valence-electron chi connectivity index (χ2n) is 10.1. The van der Waals surface area contributed by atoms with E-state index in [4.69, 9.17) is 23.7 Å². The predicted octanol–water partition coefficient (Wildman–Crippen LogP) is 4.66. The van der Waals surface area contributed by atoms with Gasteiger partial charge in [0.05, 0.1) is 51.7 Å². The maximum atomic E-state index is 15.2. The summed E-state index contributed by atoms with van der Waals surface area (Å²) in [5, 5.41) is 0. The largest absolute Gasteiger partial charge is 0.497 e. The maximum Gasteiger partial charge on any atom is 0.257 e. The molecule has 1 saturated carbocycles. The lowest BCUT2D eigenvalue weighted by molar-refractivity contribution is -0.193. The molecule has 2 spiro atoms. The third-order valence-corrected chi connectivity index (χ3v) is 7.75. The van der Waals surface area contributed by atoms with Crippen LogP contribution in [0.4, 0.5) is 4.39 Å². The monoisotopic (exact) mass is 499 g/mol. The predicted molar refractivity (Wildman–Crippen MR) is 131 cm³/mol. The van der Waals surface area contributed by atoms with E-state index in [-0.39, 0.29) is 17.4 Å². The van der Waals surface area contributed by atoms with Crippen LogP contribution in [0.15, 0.2) is 36.4 Å². The molecular formula is C28H34FNO6. The van der Waals surface area contributed by atoms with E-state index >= 15 is 4.39 Å². The van der Waals surface area contributed by atoms with Crippen LogP contribution >= 0.6 is 0 Å². The van der Waals surface area contributed by atoms with Gasteiger partial charge < -0.3 is 28.6 Å². The van der Waals surface area contributed by atoms with Crippen LogP contribution in [0.1, 0.15) is 54.1 Å². The van der Waals surface area contributed by atoms with Gasteiger partial charge in [-0.3, -0.25) is 4.79 Å². The highest BCUT2D eigenvalue weighted by Crippen LogP contribution is 2.53. The van der Waals surface area contributed by atoms with Crippen LogP contribution in [0.25, 0.3) is 0 Å². The van der Waals surface area contributed by atoms with Crippen LogP contribution in [0, 0.1) is 11.7 Å². The third-order valence-electron chi connectivity index (χ3n) is 7.75. The molecule has 7 nitrogen and oxygen atoms in total. The van der Waals surface area contributed by atoms with Gasteiger partial charge in [-0.05, 0) is 48.1 Å². The molecular weight excluding hydrogens is 465 g/mol. The van der Waals surface area contributed by atoms with Gasteiger partial charge in [0.15, 0.2) is 5.79 Å². The van der Waals surface area contributed by atoms with Gasteiger partial charge in [-0.2, -0.15) is 0 Å². The molecule has 0 unspecified atom stereocenters. The van der Waals surface area contributed by atoms with Crippen molar-refractivity contribution in [3.63, 3.8) is 0 Å². The number of benzene rings is 2. The van der Waals surface area contributed by atoms with Crippen LogP contribution < -0.4 is 9.47 Å². The van der Waals surface area contributed by atoms with Crippen molar-refractivity contribution in [1.82, 2.24) is 4.90 Å². The van der Waals surface area contributed by atoms with E-state index in [0.717, 1.165) is 11.3 Å². The van der Waals surface area contributed by atoms with Gasteiger partial charge in [0.1, 0.15) is 17.3 Å². The first-order valence-corrected chi connectivity index (χ1v) is 12.6. The number of ether oxygens (including phenoxy) is 5. The molecule has 2 fully saturated rings. The molecule has 2 aromatic rings. The molecule has 0 N–H and O–H groups in total. The molecule has 8 heteroatoms. The number of methoxy groups -OCH3 is 2. The molecule has 1 atom stereocenters. The minimum Gasteiger partial charge on any atom is -0.497 e. The van der Waals surface area contributed by atoms with Crippen molar-refractivity contribution < 1.29 is 32.9 Å². The van der Waals surface area contributed by atoms with Crippen LogP contribution in [0.3, 0.4) is 0 Å². The number of halogens is 1. The quantitative estimate of drug-likeness (QED) is 0.526. The number of amides is 1. The van der Waals surface area contributed by atoms with Gasteiger partial charge in [0, 0.05) is 25.5 Å². The van der Waals surface area contributed by atoms with E-state index in [1.54, 1.807) is 7.11 Å². The fourth-order valence-corrected chi connectivity index (χ4v) is 5.85. The SMILES string of the molecule is COc1ccc(COC[C@H](C)CN2C(=O)c3c(F)cc(OC)cc3C23CCC2(CC3)OCCO2)cc1. The molecule has 1 amide bonds. The highest BCUT2D eigenvalue weighted by molar-refractivity contribution is 6.00. The number of carbonyl (C=O) groups is 1. The molecule has 1 aliphatic carbocycles. The summed E-state index contributed by atoms with van der Waals surface area (Å²) in [6.07, 6.45) is 2.57. The summed E-state index contributed by atoms with van der Waals surface area (Å²) in [7, 11) is 3.15. The summed E-state index contributed by atoms with van der Waals surface area (Å²) in [5.74, 6) is -0.114. The Bertz CT molecular complexity index is 1090. The zero-order valence-corrected chi connectivity index (χ0v) is 21.2. The lowest BCUT2D eigenvalue weighted by Crippen LogP contribution is -2.51. The van der Waals surface area contributed by atoms with Gasteiger partial charge in [0.2, 0.25) is 0 Å². The Morgan fingerprint density at radius 2 is 1.67 bits per heavy atom. The Hall–Kier alpha value is -2.68. The van der Waals surface area contributed by atoms with Gasteiger partial charge in [-0.25, -0.2) is 4.39 Å². The number of rotatable bonds is 8. The lowest BCUT2D eigenvalue weighted by atomic mass is 9.74. The summed E-state index contributed by atoms with van der Waals surface area (Å²) < 4.78 is 43.6. The Balaban J connectivity index is 1.33. The molecule has 1 saturated heterocycles. The van der Waals surface area contributed by atoms with Crippen molar-refractivity contribution in [1.29, 1.82) is 0 Å². The number of hydrogen-bond donors (Lipinski definition) is 0. The first-order valence-electron chi connectivity index (χ1n) is 12.6. The lowest BCUT2D eigenvalue weighted by Gasteiger charge is -2.47. The van der Waals surface area contributed by atoms with Crippen molar-refractivity contribution in [2.75, 3.05) is 40.6 Å². The Labute approximate surface area is 211 Å². The second kappa shape index (κ2) is 10.00. The summed E-state index contributed by atoms with van der Waals surface area (Å²) in [6.45, 7) is 4.63. The van der Waals surface area contributed by atoms with E-state index in [2.05, 4.69) is 6.92 Å². The molecule has 0 radical (unpaired) electrons. The van der Waals surface area contributed by atoms with Crippen molar-refractivity contribution in [2.45, 2.75) is 50.5 Å².